The maximum Gasteiger partial charge on any atom is 0.513 e. The molecule has 0 spiro atoms. The van der Waals surface area contributed by atoms with Gasteiger partial charge in [0, 0.05) is 0 Å². The fourth-order valence-electron chi connectivity index (χ4n) is 1.18. The largest absolute Gasteiger partial charge is 0.513 e. The molecule has 0 fully saturated rings. The van der Waals surface area contributed by atoms with Crippen LogP contribution in [0, 0.1) is 0 Å². The van der Waals surface area contributed by atoms with E-state index in [2.05, 4.69) is 15.9 Å². The molecule has 15 heavy (non-hydrogen) atoms. The first-order chi connectivity index (χ1) is 6.91. The van der Waals surface area contributed by atoms with Gasteiger partial charge in [-0.15, -0.1) is 0 Å². The fourth-order valence-corrected chi connectivity index (χ4v) is 1.86. The lowest BCUT2D eigenvalue weighted by atomic mass is 9.79. The van der Waals surface area contributed by atoms with E-state index in [-0.39, 0.29) is 10.2 Å². The Bertz CT molecular complexity index is 368. The average molecular weight is 284 g/mol. The van der Waals surface area contributed by atoms with Crippen molar-refractivity contribution in [2.75, 3.05) is 14.2 Å². The van der Waals surface area contributed by atoms with Crippen molar-refractivity contribution in [1.29, 1.82) is 0 Å². The molecular formula is C8H8BBrF3O2-. The Morgan fingerprint density at radius 2 is 1.73 bits per heavy atom. The summed E-state index contributed by atoms with van der Waals surface area (Å²) in [6.45, 7) is -5.09. The quantitative estimate of drug-likeness (QED) is 0.794. The fraction of sp³-hybridized carbons (Fsp3) is 0.250. The first kappa shape index (κ1) is 12.2. The van der Waals surface area contributed by atoms with Gasteiger partial charge in [0.25, 0.3) is 0 Å². The molecule has 0 aliphatic heterocycles. The summed E-state index contributed by atoms with van der Waals surface area (Å²) in [6.07, 6.45) is 0. The lowest BCUT2D eigenvalue weighted by Crippen LogP contribution is -2.35. The SMILES string of the molecule is COc1ccc([B-](F)(F)F)c(OC)c1Br. The van der Waals surface area contributed by atoms with Crippen molar-refractivity contribution >= 4 is 28.4 Å². The van der Waals surface area contributed by atoms with E-state index in [4.69, 9.17) is 9.47 Å². The molecule has 0 saturated heterocycles. The van der Waals surface area contributed by atoms with Crippen molar-refractivity contribution in [1.82, 2.24) is 0 Å². The molecule has 0 bridgehead atoms. The number of benzene rings is 1. The molecule has 84 valence electrons. The summed E-state index contributed by atoms with van der Waals surface area (Å²) < 4.78 is 47.5. The molecule has 0 atom stereocenters. The highest BCUT2D eigenvalue weighted by Gasteiger charge is 2.31. The van der Waals surface area contributed by atoms with Crippen molar-refractivity contribution < 1.29 is 22.4 Å². The molecular weight excluding hydrogens is 276 g/mol. The number of ether oxygens (including phenoxy) is 2. The molecule has 0 radical (unpaired) electrons. The molecule has 1 rings (SSSR count). The molecule has 1 aromatic rings. The molecule has 0 unspecified atom stereocenters. The predicted molar refractivity (Wildman–Crippen MR) is 56.0 cm³/mol. The van der Waals surface area contributed by atoms with E-state index in [9.17, 15) is 12.9 Å². The third-order valence-electron chi connectivity index (χ3n) is 1.87. The zero-order chi connectivity index (χ0) is 11.6. The standard InChI is InChI=1S/C8H8BBrF3O2/c1-14-6-4-3-5(9(11,12)13)8(15-2)7(6)10/h3-4H,1-2H3/q-1. The van der Waals surface area contributed by atoms with E-state index in [1.54, 1.807) is 0 Å². The van der Waals surface area contributed by atoms with Gasteiger partial charge in [0.1, 0.15) is 11.5 Å². The maximum atomic E-state index is 12.6. The summed E-state index contributed by atoms with van der Waals surface area (Å²) in [5, 5.41) is 0. The molecule has 0 amide bonds. The summed E-state index contributed by atoms with van der Waals surface area (Å²) >= 11 is 3.00. The second-order valence-corrected chi connectivity index (χ2v) is 3.57. The van der Waals surface area contributed by atoms with Gasteiger partial charge in [0.15, 0.2) is 0 Å². The van der Waals surface area contributed by atoms with E-state index in [1.165, 1.54) is 20.3 Å². The van der Waals surface area contributed by atoms with Crippen LogP contribution in [0.5, 0.6) is 11.5 Å². The normalized spacial score (nSPS) is 11.3. The molecule has 0 aliphatic rings. The number of rotatable bonds is 3. The maximum absolute atomic E-state index is 12.6. The Hall–Kier alpha value is -0.845. The Morgan fingerprint density at radius 3 is 2.13 bits per heavy atom. The predicted octanol–water partition coefficient (Wildman–Crippen LogP) is 2.52. The van der Waals surface area contributed by atoms with Gasteiger partial charge in [-0.05, 0) is 22.0 Å². The second kappa shape index (κ2) is 4.34. The van der Waals surface area contributed by atoms with Crippen molar-refractivity contribution in [3.63, 3.8) is 0 Å². The summed E-state index contributed by atoms with van der Waals surface area (Å²) in [5.74, 6) is 0.0532. The molecule has 0 saturated carbocycles. The van der Waals surface area contributed by atoms with Crippen LogP contribution in [-0.2, 0) is 0 Å². The molecule has 1 aromatic carbocycles. The third-order valence-corrected chi connectivity index (χ3v) is 2.62. The van der Waals surface area contributed by atoms with Crippen molar-refractivity contribution in [3.05, 3.63) is 16.6 Å². The van der Waals surface area contributed by atoms with Crippen LogP contribution in [0.3, 0.4) is 0 Å². The summed E-state index contributed by atoms with van der Waals surface area (Å²) in [7, 11) is 2.56. The van der Waals surface area contributed by atoms with Crippen LogP contribution < -0.4 is 14.9 Å². The lowest BCUT2D eigenvalue weighted by molar-refractivity contribution is 0.389. The summed E-state index contributed by atoms with van der Waals surface area (Å²) in [6, 6.07) is 2.19. The van der Waals surface area contributed by atoms with E-state index in [1.807, 2.05) is 0 Å². The highest BCUT2D eigenvalue weighted by molar-refractivity contribution is 9.10. The van der Waals surface area contributed by atoms with E-state index in [0.717, 1.165) is 6.07 Å². The summed E-state index contributed by atoms with van der Waals surface area (Å²) in [5.41, 5.74) is -0.773. The Labute approximate surface area is 93.6 Å². The molecule has 2 nitrogen and oxygen atoms in total. The average Bonchev–Trinajstić information content (AvgIpc) is 2.15. The number of methoxy groups -OCH3 is 2. The van der Waals surface area contributed by atoms with Gasteiger partial charge in [-0.2, -0.15) is 0 Å². The number of hydrogen-bond acceptors (Lipinski definition) is 2. The van der Waals surface area contributed by atoms with E-state index >= 15 is 0 Å². The topological polar surface area (TPSA) is 18.5 Å². The smallest absolute Gasteiger partial charge is 0.498 e. The van der Waals surface area contributed by atoms with Crippen LogP contribution in [0.2, 0.25) is 0 Å². The minimum absolute atomic E-state index is 0.171. The van der Waals surface area contributed by atoms with Gasteiger partial charge in [-0.25, -0.2) is 0 Å². The van der Waals surface area contributed by atoms with Gasteiger partial charge in [0.05, 0.1) is 18.7 Å². The first-order valence-corrected chi connectivity index (χ1v) is 4.81. The van der Waals surface area contributed by atoms with Gasteiger partial charge >= 0.3 is 6.98 Å². The van der Waals surface area contributed by atoms with Crippen LogP contribution in [0.1, 0.15) is 0 Å². The molecule has 0 N–H and O–H groups in total. The van der Waals surface area contributed by atoms with E-state index < -0.39 is 12.4 Å². The van der Waals surface area contributed by atoms with Crippen molar-refractivity contribution in [2.24, 2.45) is 0 Å². The monoisotopic (exact) mass is 283 g/mol. The van der Waals surface area contributed by atoms with Crippen molar-refractivity contribution in [2.45, 2.75) is 0 Å². The minimum atomic E-state index is -5.09. The van der Waals surface area contributed by atoms with Gasteiger partial charge in [-0.1, -0.05) is 11.5 Å². The summed E-state index contributed by atoms with van der Waals surface area (Å²) in [4.78, 5) is 0. The number of halogens is 4. The molecule has 0 heterocycles. The molecule has 0 aromatic heterocycles. The Morgan fingerprint density at radius 1 is 1.13 bits per heavy atom. The Kier molecular flexibility index (Phi) is 3.54. The highest BCUT2D eigenvalue weighted by Crippen LogP contribution is 2.34. The van der Waals surface area contributed by atoms with Crippen LogP contribution >= 0.6 is 15.9 Å². The zero-order valence-corrected chi connectivity index (χ0v) is 9.65. The van der Waals surface area contributed by atoms with Crippen LogP contribution in [0.15, 0.2) is 16.6 Å². The van der Waals surface area contributed by atoms with Crippen LogP contribution in [0.25, 0.3) is 0 Å². The van der Waals surface area contributed by atoms with Gasteiger partial charge in [0.2, 0.25) is 0 Å². The number of hydrogen-bond donors (Lipinski definition) is 0. The minimum Gasteiger partial charge on any atom is -0.498 e. The lowest BCUT2D eigenvalue weighted by Gasteiger charge is -2.20. The molecule has 7 heteroatoms. The third kappa shape index (κ3) is 2.39. The van der Waals surface area contributed by atoms with Crippen LogP contribution in [0.4, 0.5) is 12.9 Å². The van der Waals surface area contributed by atoms with Gasteiger partial charge in [-0.3, -0.25) is 0 Å². The second-order valence-electron chi connectivity index (χ2n) is 2.78. The van der Waals surface area contributed by atoms with E-state index in [0.29, 0.717) is 5.75 Å². The Balaban J connectivity index is 3.38. The molecule has 0 aliphatic carbocycles. The zero-order valence-electron chi connectivity index (χ0n) is 8.06. The van der Waals surface area contributed by atoms with Gasteiger partial charge < -0.3 is 22.4 Å². The van der Waals surface area contributed by atoms with Crippen molar-refractivity contribution in [3.8, 4) is 11.5 Å². The highest BCUT2D eigenvalue weighted by atomic mass is 79.9. The first-order valence-electron chi connectivity index (χ1n) is 4.02. The van der Waals surface area contributed by atoms with Crippen LogP contribution in [-0.4, -0.2) is 21.2 Å².